The Morgan fingerprint density at radius 3 is 2.80 bits per heavy atom. The van der Waals surface area contributed by atoms with Crippen LogP contribution in [0.1, 0.15) is 12.8 Å². The standard InChI is InChI=1S/C10H13IN2O2/c11-13-8-1-2-10(12-7-8)15-9-3-5-14-6-4-9/h1-2,7,9,13H,3-6H2. The number of aromatic nitrogens is 1. The summed E-state index contributed by atoms with van der Waals surface area (Å²) >= 11 is 2.07. The molecule has 0 bridgehead atoms. The lowest BCUT2D eigenvalue weighted by Crippen LogP contribution is -2.26. The molecule has 2 heterocycles. The topological polar surface area (TPSA) is 43.4 Å². The third kappa shape index (κ3) is 3.20. The van der Waals surface area contributed by atoms with E-state index >= 15 is 0 Å². The van der Waals surface area contributed by atoms with E-state index in [2.05, 4.69) is 31.4 Å². The minimum atomic E-state index is 0.254. The van der Waals surface area contributed by atoms with Gasteiger partial charge in [-0.1, -0.05) is 0 Å². The Hall–Kier alpha value is -0.560. The maximum Gasteiger partial charge on any atom is 0.213 e. The summed E-state index contributed by atoms with van der Waals surface area (Å²) in [4.78, 5) is 4.21. The van der Waals surface area contributed by atoms with Gasteiger partial charge in [-0.05, 0) is 6.07 Å². The number of hydrogen-bond donors (Lipinski definition) is 1. The second kappa shape index (κ2) is 5.50. The highest BCUT2D eigenvalue weighted by atomic mass is 127. The largest absolute Gasteiger partial charge is 0.474 e. The van der Waals surface area contributed by atoms with Crippen molar-refractivity contribution in [1.82, 2.24) is 4.98 Å². The van der Waals surface area contributed by atoms with Crippen molar-refractivity contribution in [1.29, 1.82) is 0 Å². The second-order valence-electron chi connectivity index (χ2n) is 3.41. The third-order valence-electron chi connectivity index (χ3n) is 2.30. The molecule has 15 heavy (non-hydrogen) atoms. The molecule has 0 unspecified atom stereocenters. The molecule has 1 aromatic rings. The van der Waals surface area contributed by atoms with Crippen LogP contribution >= 0.6 is 22.9 Å². The van der Waals surface area contributed by atoms with Crippen molar-refractivity contribution < 1.29 is 9.47 Å². The van der Waals surface area contributed by atoms with Gasteiger partial charge in [0.05, 0.1) is 48.0 Å². The molecule has 0 atom stereocenters. The molecule has 0 saturated carbocycles. The summed E-state index contributed by atoms with van der Waals surface area (Å²) < 4.78 is 14.0. The average molecular weight is 320 g/mol. The molecule has 2 rings (SSSR count). The van der Waals surface area contributed by atoms with E-state index in [0.717, 1.165) is 31.7 Å². The Labute approximate surface area is 103 Å². The van der Waals surface area contributed by atoms with Gasteiger partial charge in [0.15, 0.2) is 0 Å². The molecule has 1 fully saturated rings. The van der Waals surface area contributed by atoms with Gasteiger partial charge >= 0.3 is 0 Å². The van der Waals surface area contributed by atoms with Gasteiger partial charge in [0, 0.05) is 18.9 Å². The maximum atomic E-state index is 5.73. The summed E-state index contributed by atoms with van der Waals surface area (Å²) in [5.41, 5.74) is 0.981. The molecule has 1 aromatic heterocycles. The zero-order valence-electron chi connectivity index (χ0n) is 8.28. The summed E-state index contributed by atoms with van der Waals surface area (Å²) in [6.45, 7) is 1.58. The van der Waals surface area contributed by atoms with Crippen LogP contribution < -0.4 is 8.27 Å². The van der Waals surface area contributed by atoms with E-state index in [1.54, 1.807) is 6.20 Å². The highest BCUT2D eigenvalue weighted by Crippen LogP contribution is 2.17. The lowest BCUT2D eigenvalue weighted by atomic mass is 10.1. The molecular weight excluding hydrogens is 307 g/mol. The van der Waals surface area contributed by atoms with Crippen molar-refractivity contribution in [2.45, 2.75) is 18.9 Å². The number of ether oxygens (including phenoxy) is 2. The zero-order valence-corrected chi connectivity index (χ0v) is 10.4. The molecule has 1 aliphatic rings. The van der Waals surface area contributed by atoms with Gasteiger partial charge in [-0.25, -0.2) is 4.98 Å². The maximum absolute atomic E-state index is 5.73. The van der Waals surface area contributed by atoms with Gasteiger partial charge in [0.25, 0.3) is 0 Å². The van der Waals surface area contributed by atoms with Crippen molar-refractivity contribution in [3.63, 3.8) is 0 Å². The van der Waals surface area contributed by atoms with Crippen LogP contribution in [0.15, 0.2) is 18.3 Å². The van der Waals surface area contributed by atoms with Crippen molar-refractivity contribution >= 4 is 28.6 Å². The summed E-state index contributed by atoms with van der Waals surface area (Å²) in [5, 5.41) is 0. The molecule has 82 valence electrons. The van der Waals surface area contributed by atoms with Crippen LogP contribution in [0, 0.1) is 0 Å². The van der Waals surface area contributed by atoms with Crippen LogP contribution in [0.5, 0.6) is 5.88 Å². The molecular formula is C10H13IN2O2. The highest BCUT2D eigenvalue weighted by Gasteiger charge is 2.15. The minimum absolute atomic E-state index is 0.254. The SMILES string of the molecule is INc1ccc(OC2CCOCC2)nc1. The number of nitrogens with zero attached hydrogens (tertiary/aromatic N) is 1. The average Bonchev–Trinajstić information content (AvgIpc) is 2.31. The Morgan fingerprint density at radius 2 is 2.20 bits per heavy atom. The summed E-state index contributed by atoms with van der Waals surface area (Å²) in [7, 11) is 0. The van der Waals surface area contributed by atoms with Crippen LogP contribution in [-0.4, -0.2) is 24.3 Å². The number of anilines is 1. The van der Waals surface area contributed by atoms with E-state index in [0.29, 0.717) is 5.88 Å². The number of hydrogen-bond acceptors (Lipinski definition) is 4. The van der Waals surface area contributed by atoms with Crippen LogP contribution in [-0.2, 0) is 4.74 Å². The number of nitrogens with one attached hydrogen (secondary N) is 1. The minimum Gasteiger partial charge on any atom is -0.474 e. The molecule has 0 aliphatic carbocycles. The first-order valence-corrected chi connectivity index (χ1v) is 6.03. The summed E-state index contributed by atoms with van der Waals surface area (Å²) in [6.07, 6.45) is 3.92. The molecule has 0 aromatic carbocycles. The first kappa shape index (κ1) is 10.9. The lowest BCUT2D eigenvalue weighted by Gasteiger charge is -2.22. The smallest absolute Gasteiger partial charge is 0.213 e. The fraction of sp³-hybridized carbons (Fsp3) is 0.500. The Kier molecular flexibility index (Phi) is 4.01. The second-order valence-corrected chi connectivity index (χ2v) is 3.95. The normalized spacial score (nSPS) is 17.4. The zero-order chi connectivity index (χ0) is 10.5. The summed E-state index contributed by atoms with van der Waals surface area (Å²) in [5.74, 6) is 0.692. The Bertz CT molecular complexity index is 299. The number of pyridine rings is 1. The quantitative estimate of drug-likeness (QED) is 0.686. The van der Waals surface area contributed by atoms with Crippen molar-refractivity contribution in [2.24, 2.45) is 0 Å². The molecule has 4 nitrogen and oxygen atoms in total. The van der Waals surface area contributed by atoms with Gasteiger partial charge in [-0.15, -0.1) is 0 Å². The van der Waals surface area contributed by atoms with Crippen LogP contribution in [0.2, 0.25) is 0 Å². The Balaban J connectivity index is 1.91. The fourth-order valence-electron chi connectivity index (χ4n) is 1.47. The van der Waals surface area contributed by atoms with Gasteiger partial charge in [0.1, 0.15) is 6.10 Å². The van der Waals surface area contributed by atoms with Crippen LogP contribution in [0.25, 0.3) is 0 Å². The molecule has 0 amide bonds. The predicted molar refractivity (Wildman–Crippen MR) is 66.3 cm³/mol. The van der Waals surface area contributed by atoms with E-state index in [1.165, 1.54) is 0 Å². The van der Waals surface area contributed by atoms with Crippen molar-refractivity contribution in [2.75, 3.05) is 16.7 Å². The monoisotopic (exact) mass is 320 g/mol. The van der Waals surface area contributed by atoms with Gasteiger partial charge in [0.2, 0.25) is 5.88 Å². The molecule has 0 radical (unpaired) electrons. The molecule has 5 heteroatoms. The molecule has 1 aliphatic heterocycles. The Morgan fingerprint density at radius 1 is 1.40 bits per heavy atom. The number of halogens is 1. The first-order valence-electron chi connectivity index (χ1n) is 4.95. The van der Waals surface area contributed by atoms with Crippen molar-refractivity contribution in [3.8, 4) is 5.88 Å². The van der Waals surface area contributed by atoms with E-state index in [1.807, 2.05) is 12.1 Å². The van der Waals surface area contributed by atoms with Crippen molar-refractivity contribution in [3.05, 3.63) is 18.3 Å². The fourth-order valence-corrected chi connectivity index (χ4v) is 1.79. The summed E-state index contributed by atoms with van der Waals surface area (Å²) in [6, 6.07) is 3.84. The first-order chi connectivity index (χ1) is 7.38. The van der Waals surface area contributed by atoms with Gasteiger partial charge in [-0.3, -0.25) is 0 Å². The van der Waals surface area contributed by atoms with Gasteiger partial charge < -0.3 is 13.0 Å². The van der Waals surface area contributed by atoms with E-state index in [4.69, 9.17) is 9.47 Å². The lowest BCUT2D eigenvalue weighted by molar-refractivity contribution is 0.0237. The molecule has 1 saturated heterocycles. The van der Waals surface area contributed by atoms with E-state index < -0.39 is 0 Å². The van der Waals surface area contributed by atoms with E-state index in [9.17, 15) is 0 Å². The highest BCUT2D eigenvalue weighted by molar-refractivity contribution is 14.1. The van der Waals surface area contributed by atoms with Crippen LogP contribution in [0.3, 0.4) is 0 Å². The molecule has 1 N–H and O–H groups in total. The predicted octanol–water partition coefficient (Wildman–Crippen LogP) is 2.40. The van der Waals surface area contributed by atoms with Gasteiger partial charge in [-0.2, -0.15) is 0 Å². The number of rotatable bonds is 3. The van der Waals surface area contributed by atoms with E-state index in [-0.39, 0.29) is 6.10 Å². The third-order valence-corrected chi connectivity index (χ3v) is 2.92. The van der Waals surface area contributed by atoms with Crippen LogP contribution in [0.4, 0.5) is 5.69 Å². The molecule has 0 spiro atoms.